The number of halogens is 8. The number of nitrogens with zero attached hydrogens (tertiary/aromatic N) is 8. The van der Waals surface area contributed by atoms with Crippen LogP contribution in [-0.2, 0) is 18.6 Å². The van der Waals surface area contributed by atoms with Crippen molar-refractivity contribution in [2.24, 2.45) is 67.3 Å². The van der Waals surface area contributed by atoms with E-state index in [0.29, 0.717) is 83.9 Å². The molecule has 10 rings (SSSR count). The van der Waals surface area contributed by atoms with Gasteiger partial charge in [0.05, 0.1) is 80.6 Å². The van der Waals surface area contributed by atoms with Crippen LogP contribution in [-0.4, -0.2) is 74.1 Å². The first-order valence-electron chi connectivity index (χ1n) is 33.9. The molecule has 0 saturated heterocycles. The predicted octanol–water partition coefficient (Wildman–Crippen LogP) is 21.1. The Labute approximate surface area is 626 Å². The first-order valence-corrected chi connectivity index (χ1v) is 36.9. The number of amidine groups is 2. The Hall–Kier alpha value is -4.66. The summed E-state index contributed by atoms with van der Waals surface area (Å²) in [6.45, 7) is 35.5. The summed E-state index contributed by atoms with van der Waals surface area (Å²) in [6, 6.07) is 0. The van der Waals surface area contributed by atoms with E-state index in [-0.39, 0.29) is 262 Å². The second kappa shape index (κ2) is 33.2. The van der Waals surface area contributed by atoms with Crippen LogP contribution in [0.5, 0.6) is 46.0 Å². The third-order valence-corrected chi connectivity index (χ3v) is 20.0. The minimum absolute atomic E-state index is 0. The summed E-state index contributed by atoms with van der Waals surface area (Å²) in [5.41, 5.74) is 0.796. The summed E-state index contributed by atoms with van der Waals surface area (Å²) < 4.78 is 65.2. The van der Waals surface area contributed by atoms with Crippen molar-refractivity contribution in [1.82, 2.24) is 14.5 Å². The number of rotatable bonds is 32. The van der Waals surface area contributed by atoms with Crippen LogP contribution in [0, 0.1) is 47.3 Å². The van der Waals surface area contributed by atoms with Gasteiger partial charge in [0.2, 0.25) is 5.82 Å². The van der Waals surface area contributed by atoms with Crippen molar-refractivity contribution in [2.75, 3.05) is 52.9 Å². The fourth-order valence-corrected chi connectivity index (χ4v) is 12.8. The molecule has 4 aliphatic heterocycles. The van der Waals surface area contributed by atoms with Gasteiger partial charge >= 0.3 is 0 Å². The summed E-state index contributed by atoms with van der Waals surface area (Å²) >= 11 is 60.5. The van der Waals surface area contributed by atoms with Gasteiger partial charge in [0.1, 0.15) is 68.2 Å². The Balaban J connectivity index is 0.0000112. The Morgan fingerprint density at radius 3 is 0.990 bits per heavy atom. The van der Waals surface area contributed by atoms with Crippen molar-refractivity contribution in [3.63, 3.8) is 0 Å². The molecule has 98 heavy (non-hydrogen) atoms. The van der Waals surface area contributed by atoms with Gasteiger partial charge in [-0.15, -0.1) is 0 Å². The Bertz CT molecular complexity index is 4430. The van der Waals surface area contributed by atoms with Gasteiger partial charge in [-0.1, -0.05) is 213 Å². The molecular formula is C72H88Cl8N8O9V. The molecule has 6 heterocycles. The summed E-state index contributed by atoms with van der Waals surface area (Å²) in [7, 11) is 0. The molecule has 0 unspecified atom stereocenters. The second-order valence-electron chi connectivity index (χ2n) is 28.3. The molecular weight excluding hydrogens is 1460 g/mol. The number of aromatic nitrogens is 4. The molecule has 0 atom stereocenters. The largest absolute Gasteiger partial charge is 0.491 e. The maximum atomic E-state index is 7.59. The molecule has 1 radical (unpaired) electrons. The molecule has 531 valence electrons. The first-order chi connectivity index (χ1) is 46.1. The smallest absolute Gasteiger partial charge is 0.286 e. The van der Waals surface area contributed by atoms with Crippen LogP contribution >= 0.6 is 92.8 Å². The topological polar surface area (TPSA) is 172 Å². The number of hydrogen-bond acceptors (Lipinski definition) is 14. The fourth-order valence-electron chi connectivity index (χ4n) is 10.9. The van der Waals surface area contributed by atoms with Crippen LogP contribution in [0.4, 0.5) is 11.6 Å². The number of hydrogen-bond donors (Lipinski definition) is 0. The van der Waals surface area contributed by atoms with E-state index in [9.17, 15) is 0 Å². The number of ether oxygens (including phenoxy) is 8. The van der Waals surface area contributed by atoms with Crippen LogP contribution in [0.3, 0.4) is 0 Å². The molecule has 0 amide bonds. The third-order valence-electron chi connectivity index (χ3n) is 16.7. The van der Waals surface area contributed by atoms with E-state index in [4.69, 9.17) is 165 Å². The summed E-state index contributed by atoms with van der Waals surface area (Å²) in [5.74, 6) is 3.61. The van der Waals surface area contributed by atoms with Crippen molar-refractivity contribution in [3.05, 3.63) is 62.3 Å². The summed E-state index contributed by atoms with van der Waals surface area (Å²) in [5, 5.41) is 2.33. The van der Waals surface area contributed by atoms with E-state index in [1.807, 2.05) is 0 Å². The number of fused-ring (bicyclic) bond motifs is 15. The average Bonchev–Trinajstić information content (AvgIpc) is 1.53. The maximum Gasteiger partial charge on any atom is 0.286 e. The van der Waals surface area contributed by atoms with Crippen LogP contribution in [0.25, 0.3) is 43.8 Å². The average molecular weight is 1540 g/mol. The van der Waals surface area contributed by atoms with Crippen molar-refractivity contribution in [3.8, 4) is 51.8 Å². The van der Waals surface area contributed by atoms with E-state index >= 15 is 0 Å². The van der Waals surface area contributed by atoms with E-state index in [1.165, 1.54) is 9.31 Å². The summed E-state index contributed by atoms with van der Waals surface area (Å²) in [6.07, 6.45) is 5.16. The first kappa shape index (κ1) is 77.5. The molecule has 6 aromatic rings. The minimum Gasteiger partial charge on any atom is -0.491 e. The molecule has 2 aromatic heterocycles. The SMILES string of the molecule is CC(C)CCOc1c(Cl)c(Cl)c(OCCC(C)C)c2c1C1=NC2=Nc2c3c(OCCC(C)C)c(Cl)c(Cl)c(OCCC(C)C)c3c3nc4c5c(OCCC(C)C)c(Cl)c(Cl)c(OCCC(C)C)c5c([n+]-4on23)N=c2[n-]c(c3c(OCCC(C)C)c(Cl)c(Cl)c(OCCC(C)C)c23)=N1.[V]. The molecule has 0 fully saturated rings. The Kier molecular flexibility index (Phi) is 26.3. The second-order valence-corrected chi connectivity index (χ2v) is 31.3. The molecule has 0 N–H and O–H groups in total. The van der Waals surface area contributed by atoms with Crippen LogP contribution < -0.4 is 58.6 Å². The van der Waals surface area contributed by atoms with E-state index in [2.05, 4.69) is 111 Å². The molecule has 6 bridgehead atoms. The van der Waals surface area contributed by atoms with Gasteiger partial charge in [-0.2, -0.15) is 9.62 Å². The van der Waals surface area contributed by atoms with Gasteiger partial charge in [0, 0.05) is 40.3 Å². The van der Waals surface area contributed by atoms with Crippen molar-refractivity contribution in [2.45, 2.75) is 162 Å². The zero-order valence-electron chi connectivity index (χ0n) is 58.7. The van der Waals surface area contributed by atoms with E-state index in [1.54, 1.807) is 0 Å². The maximum absolute atomic E-state index is 7.59. The molecule has 17 nitrogen and oxygen atoms in total. The predicted molar refractivity (Wildman–Crippen MR) is 393 cm³/mol. The number of benzene rings is 4. The van der Waals surface area contributed by atoms with E-state index < -0.39 is 0 Å². The van der Waals surface area contributed by atoms with Gasteiger partial charge in [0.25, 0.3) is 11.5 Å². The summed E-state index contributed by atoms with van der Waals surface area (Å²) in [4.78, 5) is 33.3. The van der Waals surface area contributed by atoms with Crippen molar-refractivity contribution < 1.29 is 65.8 Å². The minimum atomic E-state index is 0. The van der Waals surface area contributed by atoms with Crippen LogP contribution in [0.1, 0.15) is 173 Å². The third kappa shape index (κ3) is 16.1. The Morgan fingerprint density at radius 2 is 0.633 bits per heavy atom. The van der Waals surface area contributed by atoms with Crippen LogP contribution in [0.15, 0.2) is 24.6 Å². The van der Waals surface area contributed by atoms with Gasteiger partial charge in [-0.3, -0.25) is 0 Å². The molecule has 0 aliphatic carbocycles. The zero-order chi connectivity index (χ0) is 70.2. The van der Waals surface area contributed by atoms with Gasteiger partial charge in [0.15, 0.2) is 40.4 Å². The van der Waals surface area contributed by atoms with Crippen LogP contribution in [0.2, 0.25) is 40.2 Å². The molecule has 26 heteroatoms. The Morgan fingerprint density at radius 1 is 0.347 bits per heavy atom. The number of aliphatic imine (C=N–C) groups is 2. The fraction of sp³-hybridized carbons (Fsp3) is 0.556. The van der Waals surface area contributed by atoms with Crippen molar-refractivity contribution in [1.29, 1.82) is 0 Å². The van der Waals surface area contributed by atoms with Gasteiger partial charge < -0.3 is 52.9 Å². The molecule has 4 aliphatic rings. The molecule has 0 spiro atoms. The standard InChI is InChI=1S/C72H88Cl8N8O9.V/c1-33(2)17-25-89-57-41-43(59(51(75)49(57)73)91-27-19-35(5)6)67-82-65(41)81-66-42-44(60(92-28-20-36(7)8)52(76)50(74)58(42)90-26-18-34(3)4)68(83-66)85-70-46-48(64(96-32-24-40(15)16)56(80)54(78)62(46)94-30-22-38(11)12)72-86-71-47-45(69(84-67)87(71)97-88(70)72)61(93-29-21-37(9)10)53(77)55(79)63(47)95-31-23-39(13)14;/h33-40H,17-32H2,1-16H3;. The zero-order valence-corrected chi connectivity index (χ0v) is 66.1. The van der Waals surface area contributed by atoms with Gasteiger partial charge in [-0.05, 0) is 103 Å². The monoisotopic (exact) mass is 1540 g/mol. The van der Waals surface area contributed by atoms with E-state index in [0.717, 1.165) is 0 Å². The van der Waals surface area contributed by atoms with Gasteiger partial charge in [-0.25, -0.2) is 4.99 Å². The molecule has 4 aromatic carbocycles. The van der Waals surface area contributed by atoms with Crippen molar-refractivity contribution >= 4 is 154 Å². The normalized spacial score (nSPS) is 13.1. The quantitative estimate of drug-likeness (QED) is 0.0367. The molecule has 0 saturated carbocycles.